The zero-order valence-electron chi connectivity index (χ0n) is 10.1. The van der Waals surface area contributed by atoms with Crippen molar-refractivity contribution in [2.45, 2.75) is 25.8 Å². The van der Waals surface area contributed by atoms with Crippen LogP contribution in [0, 0.1) is 19.8 Å². The molecule has 1 aromatic rings. The lowest BCUT2D eigenvalue weighted by atomic mass is 10.2. The molecule has 0 aliphatic heterocycles. The number of carboxylic acid groups (broad SMARTS) is 1. The monoisotopic (exact) mass is 256 g/mol. The van der Waals surface area contributed by atoms with Crippen LogP contribution in [0.3, 0.4) is 0 Å². The number of aromatic carboxylic acids is 1. The second kappa shape index (κ2) is 5.97. The van der Waals surface area contributed by atoms with Crippen LogP contribution in [0.5, 0.6) is 0 Å². The SMILES string of the molecule is Cc1nc(C)c(C(=O)O)c(SCC(C)CO)n1. The van der Waals surface area contributed by atoms with Gasteiger partial charge in [0.25, 0.3) is 0 Å². The number of aromatic nitrogens is 2. The summed E-state index contributed by atoms with van der Waals surface area (Å²) in [6.45, 7) is 5.38. The number of carbonyl (C=O) groups is 1. The summed E-state index contributed by atoms with van der Waals surface area (Å²) in [5.74, 6) is 0.290. The van der Waals surface area contributed by atoms with Gasteiger partial charge in [-0.15, -0.1) is 11.8 Å². The largest absolute Gasteiger partial charge is 0.478 e. The fourth-order valence-corrected chi connectivity index (χ4v) is 2.43. The van der Waals surface area contributed by atoms with Gasteiger partial charge in [-0.25, -0.2) is 14.8 Å². The number of aliphatic hydroxyl groups is 1. The number of rotatable bonds is 5. The van der Waals surface area contributed by atoms with Gasteiger partial charge in [0.15, 0.2) is 0 Å². The highest BCUT2D eigenvalue weighted by Gasteiger charge is 2.17. The lowest BCUT2D eigenvalue weighted by Gasteiger charge is -2.10. The Morgan fingerprint density at radius 3 is 2.59 bits per heavy atom. The first-order chi connectivity index (χ1) is 7.95. The molecular weight excluding hydrogens is 240 g/mol. The second-order valence-electron chi connectivity index (χ2n) is 3.94. The van der Waals surface area contributed by atoms with E-state index < -0.39 is 5.97 Å². The Hall–Kier alpha value is -1.14. The molecule has 0 spiro atoms. The van der Waals surface area contributed by atoms with Crippen LogP contribution < -0.4 is 0 Å². The van der Waals surface area contributed by atoms with Crippen molar-refractivity contribution in [3.63, 3.8) is 0 Å². The Morgan fingerprint density at radius 1 is 1.41 bits per heavy atom. The van der Waals surface area contributed by atoms with E-state index in [1.807, 2.05) is 6.92 Å². The van der Waals surface area contributed by atoms with Gasteiger partial charge in [-0.1, -0.05) is 6.92 Å². The molecule has 0 bridgehead atoms. The third-order valence-corrected chi connectivity index (χ3v) is 3.50. The fourth-order valence-electron chi connectivity index (χ4n) is 1.31. The molecule has 0 radical (unpaired) electrons. The van der Waals surface area contributed by atoms with Crippen LogP contribution in [0.2, 0.25) is 0 Å². The van der Waals surface area contributed by atoms with Crippen molar-refractivity contribution in [2.24, 2.45) is 5.92 Å². The number of nitrogens with zero attached hydrogens (tertiary/aromatic N) is 2. The smallest absolute Gasteiger partial charge is 0.340 e. The highest BCUT2D eigenvalue weighted by molar-refractivity contribution is 7.99. The van der Waals surface area contributed by atoms with Crippen molar-refractivity contribution in [1.29, 1.82) is 0 Å². The second-order valence-corrected chi connectivity index (χ2v) is 4.95. The van der Waals surface area contributed by atoms with Crippen LogP contribution in [0.15, 0.2) is 5.03 Å². The number of hydrogen-bond donors (Lipinski definition) is 2. The summed E-state index contributed by atoms with van der Waals surface area (Å²) in [7, 11) is 0. The average molecular weight is 256 g/mol. The molecule has 6 heteroatoms. The number of aliphatic hydroxyl groups excluding tert-OH is 1. The number of carboxylic acids is 1. The van der Waals surface area contributed by atoms with Gasteiger partial charge in [0.2, 0.25) is 0 Å². The van der Waals surface area contributed by atoms with Crippen molar-refractivity contribution in [2.75, 3.05) is 12.4 Å². The molecule has 0 aromatic carbocycles. The Morgan fingerprint density at radius 2 is 2.06 bits per heavy atom. The molecule has 1 rings (SSSR count). The molecule has 0 amide bonds. The molecule has 0 fully saturated rings. The molecule has 0 saturated carbocycles. The van der Waals surface area contributed by atoms with Crippen molar-refractivity contribution in [1.82, 2.24) is 9.97 Å². The summed E-state index contributed by atoms with van der Waals surface area (Å²) in [4.78, 5) is 19.3. The fraction of sp³-hybridized carbons (Fsp3) is 0.545. The first-order valence-corrected chi connectivity index (χ1v) is 6.26. The molecule has 0 aliphatic carbocycles. The third kappa shape index (κ3) is 3.67. The zero-order valence-corrected chi connectivity index (χ0v) is 10.9. The number of hydrogen-bond acceptors (Lipinski definition) is 5. The first kappa shape index (κ1) is 13.9. The minimum Gasteiger partial charge on any atom is -0.478 e. The Balaban J connectivity index is 3.00. The van der Waals surface area contributed by atoms with Crippen molar-refractivity contribution >= 4 is 17.7 Å². The van der Waals surface area contributed by atoms with Gasteiger partial charge in [-0.3, -0.25) is 0 Å². The highest BCUT2D eigenvalue weighted by Crippen LogP contribution is 2.24. The number of thioether (sulfide) groups is 1. The summed E-state index contributed by atoms with van der Waals surface area (Å²) < 4.78 is 0. The molecule has 5 nitrogen and oxygen atoms in total. The van der Waals surface area contributed by atoms with Crippen LogP contribution in [0.25, 0.3) is 0 Å². The van der Waals surface area contributed by atoms with E-state index in [9.17, 15) is 4.79 Å². The van der Waals surface area contributed by atoms with E-state index in [0.717, 1.165) is 0 Å². The van der Waals surface area contributed by atoms with Gasteiger partial charge in [0, 0.05) is 12.4 Å². The minimum absolute atomic E-state index is 0.0818. The molecule has 1 atom stereocenters. The van der Waals surface area contributed by atoms with Gasteiger partial charge in [0.1, 0.15) is 16.4 Å². The van der Waals surface area contributed by atoms with E-state index in [0.29, 0.717) is 22.3 Å². The van der Waals surface area contributed by atoms with E-state index in [1.54, 1.807) is 13.8 Å². The van der Waals surface area contributed by atoms with Crippen molar-refractivity contribution < 1.29 is 15.0 Å². The van der Waals surface area contributed by atoms with Gasteiger partial charge < -0.3 is 10.2 Å². The van der Waals surface area contributed by atoms with E-state index in [1.165, 1.54) is 11.8 Å². The average Bonchev–Trinajstić information content (AvgIpc) is 2.24. The lowest BCUT2D eigenvalue weighted by molar-refractivity contribution is 0.0690. The van der Waals surface area contributed by atoms with Gasteiger partial charge in [0.05, 0.1) is 5.69 Å². The predicted molar refractivity (Wildman–Crippen MR) is 65.4 cm³/mol. The highest BCUT2D eigenvalue weighted by atomic mass is 32.2. The quantitative estimate of drug-likeness (QED) is 0.614. The maximum atomic E-state index is 11.1. The molecule has 17 heavy (non-hydrogen) atoms. The van der Waals surface area contributed by atoms with Crippen LogP contribution >= 0.6 is 11.8 Å². The van der Waals surface area contributed by atoms with E-state index in [2.05, 4.69) is 9.97 Å². The first-order valence-electron chi connectivity index (χ1n) is 5.28. The zero-order chi connectivity index (χ0) is 13.0. The van der Waals surface area contributed by atoms with Crippen LogP contribution in [0.1, 0.15) is 28.8 Å². The molecular formula is C11H16N2O3S. The molecule has 0 aliphatic rings. The van der Waals surface area contributed by atoms with Gasteiger partial charge in [-0.05, 0) is 19.8 Å². The topological polar surface area (TPSA) is 83.3 Å². The van der Waals surface area contributed by atoms with Gasteiger partial charge in [-0.2, -0.15) is 0 Å². The Bertz CT molecular complexity index is 423. The standard InChI is InChI=1S/C11H16N2O3S/c1-6(4-14)5-17-10-9(11(15)16)7(2)12-8(3)13-10/h6,14H,4-5H2,1-3H3,(H,15,16). The van der Waals surface area contributed by atoms with Crippen LogP contribution in [-0.2, 0) is 0 Å². The minimum atomic E-state index is -1.01. The van der Waals surface area contributed by atoms with E-state index in [-0.39, 0.29) is 18.1 Å². The summed E-state index contributed by atoms with van der Waals surface area (Å²) in [5.41, 5.74) is 0.634. The van der Waals surface area contributed by atoms with E-state index in [4.69, 9.17) is 10.2 Å². The van der Waals surface area contributed by atoms with Gasteiger partial charge >= 0.3 is 5.97 Å². The van der Waals surface area contributed by atoms with E-state index >= 15 is 0 Å². The summed E-state index contributed by atoms with van der Waals surface area (Å²) in [5, 5.41) is 18.5. The predicted octanol–water partition coefficient (Wildman–Crippen LogP) is 1.51. The normalized spacial score (nSPS) is 12.5. The Labute approximate surface area is 104 Å². The maximum Gasteiger partial charge on any atom is 0.340 e. The molecule has 0 saturated heterocycles. The molecule has 94 valence electrons. The summed E-state index contributed by atoms with van der Waals surface area (Å²) >= 11 is 1.34. The van der Waals surface area contributed by atoms with Crippen molar-refractivity contribution in [3.05, 3.63) is 17.1 Å². The Kier molecular flexibility index (Phi) is 4.89. The van der Waals surface area contributed by atoms with Crippen molar-refractivity contribution in [3.8, 4) is 0 Å². The summed E-state index contributed by atoms with van der Waals surface area (Å²) in [6, 6.07) is 0. The third-order valence-electron chi connectivity index (χ3n) is 2.20. The molecule has 1 heterocycles. The molecule has 1 aromatic heterocycles. The molecule has 1 unspecified atom stereocenters. The summed E-state index contributed by atoms with van der Waals surface area (Å²) in [6.07, 6.45) is 0. The number of aryl methyl sites for hydroxylation is 2. The van der Waals surface area contributed by atoms with Crippen LogP contribution in [0.4, 0.5) is 0 Å². The lowest BCUT2D eigenvalue weighted by Crippen LogP contribution is -2.10. The van der Waals surface area contributed by atoms with Crippen LogP contribution in [-0.4, -0.2) is 38.5 Å². The maximum absolute atomic E-state index is 11.1. The molecule has 2 N–H and O–H groups in total.